The number of piperidine rings is 1. The van der Waals surface area contributed by atoms with Crippen molar-refractivity contribution in [3.8, 4) is 0 Å². The van der Waals surface area contributed by atoms with Crippen LogP contribution in [0.2, 0.25) is 5.15 Å². The molecule has 156 valence electrons. The average Bonchev–Trinajstić information content (AvgIpc) is 2.73. The zero-order valence-corrected chi connectivity index (χ0v) is 18.4. The van der Waals surface area contributed by atoms with E-state index in [1.54, 1.807) is 18.9 Å². The molecule has 2 aromatic rings. The van der Waals surface area contributed by atoms with Gasteiger partial charge in [0.15, 0.2) is 5.16 Å². The third kappa shape index (κ3) is 6.59. The Morgan fingerprint density at radius 2 is 2.00 bits per heavy atom. The molecule has 0 unspecified atom stereocenters. The fourth-order valence-corrected chi connectivity index (χ4v) is 4.16. The van der Waals surface area contributed by atoms with E-state index in [1.165, 1.54) is 12.8 Å². The quantitative estimate of drug-likeness (QED) is 0.293. The van der Waals surface area contributed by atoms with Gasteiger partial charge in [-0.2, -0.15) is 0 Å². The number of aromatic nitrogens is 2. The van der Waals surface area contributed by atoms with Crippen molar-refractivity contribution >= 4 is 35.1 Å². The summed E-state index contributed by atoms with van der Waals surface area (Å²) in [6.45, 7) is 5.30. The van der Waals surface area contributed by atoms with E-state index in [1.807, 2.05) is 30.3 Å². The van der Waals surface area contributed by atoms with Crippen LogP contribution in [0, 0.1) is 5.92 Å². The van der Waals surface area contributed by atoms with Crippen molar-refractivity contribution < 1.29 is 9.53 Å². The molecule has 1 aliphatic rings. The number of thioether (sulfide) groups is 1. The van der Waals surface area contributed by atoms with Crippen LogP contribution in [0.15, 0.2) is 35.5 Å². The van der Waals surface area contributed by atoms with Gasteiger partial charge in [0.05, 0.1) is 6.61 Å². The maximum atomic E-state index is 12.0. The molecule has 0 saturated carbocycles. The first-order valence-electron chi connectivity index (χ1n) is 9.83. The molecule has 0 atom stereocenters. The van der Waals surface area contributed by atoms with Gasteiger partial charge in [-0.3, -0.25) is 4.79 Å². The Kier molecular flexibility index (Phi) is 8.15. The number of anilines is 1. The van der Waals surface area contributed by atoms with Crippen molar-refractivity contribution in [1.29, 1.82) is 0 Å². The van der Waals surface area contributed by atoms with Gasteiger partial charge in [0.2, 0.25) is 0 Å². The summed E-state index contributed by atoms with van der Waals surface area (Å²) in [6, 6.07) is 9.42. The van der Waals surface area contributed by atoms with E-state index in [0.717, 1.165) is 30.4 Å². The number of methoxy groups -OCH3 is 1. The molecule has 0 aliphatic carbocycles. The summed E-state index contributed by atoms with van der Waals surface area (Å²) in [5.41, 5.74) is 1.73. The molecule has 0 radical (unpaired) electrons. The minimum absolute atomic E-state index is 0.0973. The molecular formula is C21H27ClN4O2S. The SMILES string of the molecule is COCCNC(=O)c1ccc(CSc2nc(Cl)cc(N3CCC(C)CC3)n2)cc1. The molecule has 1 N–H and O–H groups in total. The molecule has 2 heterocycles. The van der Waals surface area contributed by atoms with Crippen molar-refractivity contribution in [2.75, 3.05) is 38.3 Å². The lowest BCUT2D eigenvalue weighted by Gasteiger charge is -2.31. The number of hydrogen-bond acceptors (Lipinski definition) is 6. The standard InChI is InChI=1S/C21H27ClN4O2S/c1-15-7-10-26(11-8-15)19-13-18(22)24-21(25-19)29-14-16-3-5-17(6-4-16)20(27)23-9-12-28-2/h3-6,13,15H,7-12,14H2,1-2H3,(H,23,27). The summed E-state index contributed by atoms with van der Waals surface area (Å²) in [5, 5.41) is 3.96. The van der Waals surface area contributed by atoms with E-state index in [-0.39, 0.29) is 5.91 Å². The molecule has 0 spiro atoms. The second kappa shape index (κ2) is 10.8. The summed E-state index contributed by atoms with van der Waals surface area (Å²) in [4.78, 5) is 23.4. The smallest absolute Gasteiger partial charge is 0.251 e. The molecule has 1 saturated heterocycles. The van der Waals surface area contributed by atoms with Crippen molar-refractivity contribution in [1.82, 2.24) is 15.3 Å². The van der Waals surface area contributed by atoms with E-state index in [9.17, 15) is 4.79 Å². The van der Waals surface area contributed by atoms with Gasteiger partial charge in [-0.15, -0.1) is 0 Å². The highest BCUT2D eigenvalue weighted by molar-refractivity contribution is 7.98. The Bertz CT molecular complexity index is 811. The van der Waals surface area contributed by atoms with Crippen LogP contribution in [-0.4, -0.2) is 49.2 Å². The molecule has 6 nitrogen and oxygen atoms in total. The van der Waals surface area contributed by atoms with Crippen molar-refractivity contribution in [2.45, 2.75) is 30.7 Å². The maximum Gasteiger partial charge on any atom is 0.251 e. The maximum absolute atomic E-state index is 12.0. The van der Waals surface area contributed by atoms with Crippen molar-refractivity contribution in [3.05, 3.63) is 46.6 Å². The first-order chi connectivity index (χ1) is 14.0. The van der Waals surface area contributed by atoms with Crippen LogP contribution in [0.25, 0.3) is 0 Å². The fourth-order valence-electron chi connectivity index (χ4n) is 3.12. The van der Waals surface area contributed by atoms with Gasteiger partial charge in [0.1, 0.15) is 11.0 Å². The average molecular weight is 435 g/mol. The van der Waals surface area contributed by atoms with Crippen LogP contribution in [0.5, 0.6) is 0 Å². The Morgan fingerprint density at radius 1 is 1.28 bits per heavy atom. The number of amides is 1. The van der Waals surface area contributed by atoms with Crippen LogP contribution in [0.1, 0.15) is 35.7 Å². The molecule has 1 aromatic carbocycles. The molecule has 3 rings (SSSR count). The van der Waals surface area contributed by atoms with Crippen molar-refractivity contribution in [3.63, 3.8) is 0 Å². The van der Waals surface area contributed by atoms with E-state index in [2.05, 4.69) is 22.1 Å². The minimum Gasteiger partial charge on any atom is -0.383 e. The fraction of sp³-hybridized carbons (Fsp3) is 0.476. The van der Waals surface area contributed by atoms with Gasteiger partial charge in [-0.1, -0.05) is 42.4 Å². The van der Waals surface area contributed by atoms with Crippen LogP contribution in [-0.2, 0) is 10.5 Å². The Morgan fingerprint density at radius 3 is 2.69 bits per heavy atom. The lowest BCUT2D eigenvalue weighted by Crippen LogP contribution is -2.33. The summed E-state index contributed by atoms with van der Waals surface area (Å²) in [7, 11) is 1.61. The second-order valence-electron chi connectivity index (χ2n) is 7.24. The minimum atomic E-state index is -0.0973. The van der Waals surface area contributed by atoms with Crippen LogP contribution >= 0.6 is 23.4 Å². The number of nitrogens with zero attached hydrogens (tertiary/aromatic N) is 3. The number of benzene rings is 1. The Hall–Kier alpha value is -1.83. The van der Waals surface area contributed by atoms with Crippen LogP contribution in [0.4, 0.5) is 5.82 Å². The number of hydrogen-bond donors (Lipinski definition) is 1. The van der Waals surface area contributed by atoms with Crippen LogP contribution in [0.3, 0.4) is 0 Å². The lowest BCUT2D eigenvalue weighted by atomic mass is 9.99. The predicted molar refractivity (Wildman–Crippen MR) is 118 cm³/mol. The number of carbonyl (C=O) groups is 1. The van der Waals surface area contributed by atoms with Gasteiger partial charge in [0, 0.05) is 44.1 Å². The molecule has 1 amide bonds. The molecule has 1 aromatic heterocycles. The molecule has 0 bridgehead atoms. The highest BCUT2D eigenvalue weighted by atomic mass is 35.5. The summed E-state index contributed by atoms with van der Waals surface area (Å²) < 4.78 is 4.94. The van der Waals surface area contributed by atoms with E-state index in [4.69, 9.17) is 21.3 Å². The number of rotatable bonds is 8. The van der Waals surface area contributed by atoms with Crippen LogP contribution < -0.4 is 10.2 Å². The van der Waals surface area contributed by atoms with Gasteiger partial charge in [0.25, 0.3) is 5.91 Å². The normalized spacial score (nSPS) is 14.8. The van der Waals surface area contributed by atoms with Crippen molar-refractivity contribution in [2.24, 2.45) is 5.92 Å². The number of nitrogens with one attached hydrogen (secondary N) is 1. The highest BCUT2D eigenvalue weighted by Crippen LogP contribution is 2.27. The number of carbonyl (C=O) groups excluding carboxylic acids is 1. The molecule has 1 fully saturated rings. The number of ether oxygens (including phenoxy) is 1. The van der Waals surface area contributed by atoms with Gasteiger partial charge in [-0.05, 0) is 36.5 Å². The van der Waals surface area contributed by atoms with E-state index >= 15 is 0 Å². The first-order valence-corrected chi connectivity index (χ1v) is 11.2. The third-order valence-corrected chi connectivity index (χ3v) is 6.06. The number of halogens is 1. The summed E-state index contributed by atoms with van der Waals surface area (Å²) in [5.74, 6) is 2.28. The van der Waals surface area contributed by atoms with Gasteiger partial charge in [-0.25, -0.2) is 9.97 Å². The predicted octanol–water partition coefficient (Wildman–Crippen LogP) is 4.03. The lowest BCUT2D eigenvalue weighted by molar-refractivity contribution is 0.0937. The zero-order chi connectivity index (χ0) is 20.6. The molecule has 29 heavy (non-hydrogen) atoms. The van der Waals surface area contributed by atoms with Gasteiger partial charge >= 0.3 is 0 Å². The zero-order valence-electron chi connectivity index (χ0n) is 16.9. The van der Waals surface area contributed by atoms with E-state index in [0.29, 0.717) is 34.8 Å². The monoisotopic (exact) mass is 434 g/mol. The Balaban J connectivity index is 1.57. The van der Waals surface area contributed by atoms with Gasteiger partial charge < -0.3 is 15.0 Å². The molecule has 8 heteroatoms. The Labute approximate surface area is 181 Å². The summed E-state index contributed by atoms with van der Waals surface area (Å²) in [6.07, 6.45) is 2.35. The first kappa shape index (κ1) is 21.9. The second-order valence-corrected chi connectivity index (χ2v) is 8.57. The largest absolute Gasteiger partial charge is 0.383 e. The topological polar surface area (TPSA) is 67.3 Å². The molecular weight excluding hydrogens is 408 g/mol. The highest BCUT2D eigenvalue weighted by Gasteiger charge is 2.18. The third-order valence-electron chi connectivity index (χ3n) is 4.94. The van der Waals surface area contributed by atoms with E-state index < -0.39 is 0 Å². The molecule has 1 aliphatic heterocycles. The summed E-state index contributed by atoms with van der Waals surface area (Å²) >= 11 is 7.79.